The molecule has 0 bridgehead atoms. The van der Waals surface area contributed by atoms with Crippen LogP contribution in [-0.2, 0) is 0 Å². The molecule has 0 aliphatic rings. The van der Waals surface area contributed by atoms with Gasteiger partial charge in [-0.1, -0.05) is 23.2 Å². The highest BCUT2D eigenvalue weighted by Gasteiger charge is 2.28. The Labute approximate surface area is 110 Å². The molecule has 1 aromatic rings. The minimum atomic E-state index is -3.45. The molecule has 0 aliphatic carbocycles. The fourth-order valence-electron chi connectivity index (χ4n) is 1.06. The van der Waals surface area contributed by atoms with Crippen LogP contribution in [0.4, 0.5) is 13.2 Å². The van der Waals surface area contributed by atoms with Crippen LogP contribution in [0.5, 0.6) is 0 Å². The van der Waals surface area contributed by atoms with E-state index in [4.69, 9.17) is 28.3 Å². The van der Waals surface area contributed by atoms with E-state index in [0.717, 1.165) is 12.1 Å². The first kappa shape index (κ1) is 15.1. The number of halogens is 5. The second kappa shape index (κ2) is 5.77. The zero-order chi connectivity index (χ0) is 13.9. The number of carbonyl (C=O) groups is 1. The smallest absolute Gasteiger partial charge is 0.287 e. The molecule has 8 heteroatoms. The predicted molar refractivity (Wildman–Crippen MR) is 60.8 cm³/mol. The van der Waals surface area contributed by atoms with E-state index in [0.29, 0.717) is 0 Å². The highest BCUT2D eigenvalue weighted by atomic mass is 35.5. The summed E-state index contributed by atoms with van der Waals surface area (Å²) in [6.45, 7) is -2.49. The number of benzene rings is 1. The van der Waals surface area contributed by atoms with Gasteiger partial charge in [0.15, 0.2) is 0 Å². The van der Waals surface area contributed by atoms with Gasteiger partial charge in [-0.2, -0.15) is 0 Å². The normalized spacial score (nSPS) is 11.4. The molecular formula is C10H8Cl2F3NO2. The average molecular weight is 302 g/mol. The molecule has 0 radical (unpaired) electrons. The van der Waals surface area contributed by atoms with Gasteiger partial charge < -0.3 is 10.4 Å². The van der Waals surface area contributed by atoms with Crippen LogP contribution in [0.25, 0.3) is 0 Å². The van der Waals surface area contributed by atoms with Gasteiger partial charge in [0.25, 0.3) is 11.8 Å². The minimum absolute atomic E-state index is 0.161. The van der Waals surface area contributed by atoms with Crippen molar-refractivity contribution in [3.63, 3.8) is 0 Å². The zero-order valence-corrected chi connectivity index (χ0v) is 10.3. The molecule has 1 rings (SSSR count). The second-order valence-electron chi connectivity index (χ2n) is 3.44. The van der Waals surface area contributed by atoms with E-state index < -0.39 is 30.8 Å². The lowest BCUT2D eigenvalue weighted by molar-refractivity contribution is -0.0462. The lowest BCUT2D eigenvalue weighted by Gasteiger charge is -2.14. The molecular weight excluding hydrogens is 294 g/mol. The van der Waals surface area contributed by atoms with E-state index >= 15 is 0 Å². The highest BCUT2D eigenvalue weighted by molar-refractivity contribution is 6.36. The summed E-state index contributed by atoms with van der Waals surface area (Å²) in [6, 6.07) is 1.74. The van der Waals surface area contributed by atoms with Crippen molar-refractivity contribution >= 4 is 29.1 Å². The van der Waals surface area contributed by atoms with Gasteiger partial charge in [0.1, 0.15) is 12.4 Å². The van der Waals surface area contributed by atoms with Crippen LogP contribution in [0.1, 0.15) is 10.4 Å². The molecule has 0 fully saturated rings. The number of nitrogens with one attached hydrogen (secondary N) is 1. The highest BCUT2D eigenvalue weighted by Crippen LogP contribution is 2.24. The molecule has 1 aromatic carbocycles. The summed E-state index contributed by atoms with van der Waals surface area (Å²) < 4.78 is 38.5. The molecule has 0 heterocycles. The topological polar surface area (TPSA) is 49.3 Å². The van der Waals surface area contributed by atoms with Crippen molar-refractivity contribution in [1.29, 1.82) is 0 Å². The lowest BCUT2D eigenvalue weighted by atomic mass is 10.2. The molecule has 0 saturated carbocycles. The fourth-order valence-corrected chi connectivity index (χ4v) is 1.53. The van der Waals surface area contributed by atoms with Crippen LogP contribution >= 0.6 is 23.2 Å². The van der Waals surface area contributed by atoms with Gasteiger partial charge in [0.05, 0.1) is 22.2 Å². The molecule has 0 aromatic heterocycles. The van der Waals surface area contributed by atoms with E-state index in [2.05, 4.69) is 0 Å². The van der Waals surface area contributed by atoms with Crippen LogP contribution in [0, 0.1) is 5.82 Å². The number of hydrogen-bond donors (Lipinski definition) is 2. The minimum Gasteiger partial charge on any atom is -0.390 e. The number of aliphatic hydroxyl groups excluding tert-OH is 1. The van der Waals surface area contributed by atoms with E-state index in [-0.39, 0.29) is 15.6 Å². The number of aliphatic hydroxyl groups is 1. The van der Waals surface area contributed by atoms with Crippen LogP contribution in [-0.4, -0.2) is 30.1 Å². The number of carbonyl (C=O) groups excluding carboxylic acids is 1. The summed E-state index contributed by atoms with van der Waals surface area (Å²) >= 11 is 11.0. The number of amides is 1. The van der Waals surface area contributed by atoms with Gasteiger partial charge in [-0.15, -0.1) is 0 Å². The second-order valence-corrected chi connectivity index (χ2v) is 4.26. The molecule has 100 valence electrons. The van der Waals surface area contributed by atoms with Gasteiger partial charge in [0, 0.05) is 0 Å². The summed E-state index contributed by atoms with van der Waals surface area (Å²) in [6.07, 6.45) is 0. The Bertz CT molecular complexity index is 469. The third-order valence-corrected chi connectivity index (χ3v) is 2.60. The molecule has 18 heavy (non-hydrogen) atoms. The Morgan fingerprint density at radius 2 is 1.94 bits per heavy atom. The molecule has 0 unspecified atom stereocenters. The maximum atomic E-state index is 13.1. The van der Waals surface area contributed by atoms with E-state index in [1.165, 1.54) is 0 Å². The zero-order valence-electron chi connectivity index (χ0n) is 8.81. The van der Waals surface area contributed by atoms with Crippen molar-refractivity contribution in [2.24, 2.45) is 0 Å². The summed E-state index contributed by atoms with van der Waals surface area (Å²) in [7, 11) is 0. The Morgan fingerprint density at radius 3 is 2.50 bits per heavy atom. The largest absolute Gasteiger partial charge is 0.390 e. The maximum Gasteiger partial charge on any atom is 0.287 e. The van der Waals surface area contributed by atoms with Gasteiger partial charge in [-0.25, -0.2) is 13.2 Å². The predicted octanol–water partition coefficient (Wildman–Crippen LogP) is 2.49. The van der Waals surface area contributed by atoms with Crippen LogP contribution in [0.2, 0.25) is 10.0 Å². The lowest BCUT2D eigenvalue weighted by Crippen LogP contribution is -2.39. The first-order valence-electron chi connectivity index (χ1n) is 4.68. The molecule has 3 nitrogen and oxygen atoms in total. The molecule has 0 atom stereocenters. The number of hydrogen-bond acceptors (Lipinski definition) is 2. The first-order chi connectivity index (χ1) is 8.26. The molecule has 2 N–H and O–H groups in total. The van der Waals surface area contributed by atoms with Gasteiger partial charge >= 0.3 is 0 Å². The van der Waals surface area contributed by atoms with E-state index in [1.54, 1.807) is 0 Å². The average Bonchev–Trinajstić information content (AvgIpc) is 2.31. The summed E-state index contributed by atoms with van der Waals surface area (Å²) in [5.41, 5.74) is -0.313. The van der Waals surface area contributed by atoms with Crippen LogP contribution in [0.3, 0.4) is 0 Å². The molecule has 0 aliphatic heterocycles. The van der Waals surface area contributed by atoms with Crippen LogP contribution < -0.4 is 5.32 Å². The molecule has 0 spiro atoms. The van der Waals surface area contributed by atoms with Crippen molar-refractivity contribution in [2.75, 3.05) is 13.2 Å². The van der Waals surface area contributed by atoms with Crippen molar-refractivity contribution in [3.05, 3.63) is 33.6 Å². The first-order valence-corrected chi connectivity index (χ1v) is 5.44. The summed E-state index contributed by atoms with van der Waals surface area (Å²) in [5, 5.41) is 9.70. The van der Waals surface area contributed by atoms with Crippen LogP contribution in [0.15, 0.2) is 12.1 Å². The molecule has 0 saturated heterocycles. The van der Waals surface area contributed by atoms with E-state index in [9.17, 15) is 18.0 Å². The SMILES string of the molecule is O=C(NCC(F)(F)CO)c1cc(F)c(Cl)cc1Cl. The quantitative estimate of drug-likeness (QED) is 0.840. The number of alkyl halides is 2. The Hall–Kier alpha value is -0.980. The van der Waals surface area contributed by atoms with Crippen molar-refractivity contribution < 1.29 is 23.1 Å². The Balaban J connectivity index is 2.82. The standard InChI is InChI=1S/C10H8Cl2F3NO2/c11-6-2-7(12)8(13)1-5(6)9(18)16-3-10(14,15)4-17/h1-2,17H,3-4H2,(H,16,18). The third kappa shape index (κ3) is 3.76. The van der Waals surface area contributed by atoms with E-state index in [1.807, 2.05) is 5.32 Å². The van der Waals surface area contributed by atoms with Crippen molar-refractivity contribution in [3.8, 4) is 0 Å². The summed E-state index contributed by atoms with van der Waals surface area (Å²) in [5.74, 6) is -5.32. The van der Waals surface area contributed by atoms with Gasteiger partial charge in [-0.3, -0.25) is 4.79 Å². The summed E-state index contributed by atoms with van der Waals surface area (Å²) in [4.78, 5) is 11.5. The number of rotatable bonds is 4. The van der Waals surface area contributed by atoms with Gasteiger partial charge in [0.2, 0.25) is 0 Å². The van der Waals surface area contributed by atoms with Gasteiger partial charge in [-0.05, 0) is 12.1 Å². The fraction of sp³-hybridized carbons (Fsp3) is 0.300. The molecule has 1 amide bonds. The van der Waals surface area contributed by atoms with Crippen molar-refractivity contribution in [2.45, 2.75) is 5.92 Å². The Morgan fingerprint density at radius 1 is 1.33 bits per heavy atom. The third-order valence-electron chi connectivity index (χ3n) is 1.99. The monoisotopic (exact) mass is 301 g/mol. The maximum absolute atomic E-state index is 13.1. The van der Waals surface area contributed by atoms with Crippen molar-refractivity contribution in [1.82, 2.24) is 5.32 Å². The Kier molecular flexibility index (Phi) is 4.84.